The van der Waals surface area contributed by atoms with E-state index in [2.05, 4.69) is 9.24 Å². The lowest BCUT2D eigenvalue weighted by molar-refractivity contribution is -0.137. The minimum Gasteiger partial charge on any atom is -0.480 e. The molecule has 0 aliphatic carbocycles. The lowest BCUT2D eigenvalue weighted by Gasteiger charge is -2.25. The van der Waals surface area contributed by atoms with Crippen molar-refractivity contribution in [3.05, 3.63) is 7.05 Å². The Hall–Kier alpha value is -0.680. The minimum atomic E-state index is -4.53. The summed E-state index contributed by atoms with van der Waals surface area (Å²) in [5, 5.41) is 8.47. The highest BCUT2D eigenvalue weighted by Crippen LogP contribution is 2.35. The molecule has 0 fully saturated rings. The number of urea groups is 1. The molecule has 2 amide bonds. The van der Waals surface area contributed by atoms with Gasteiger partial charge < -0.3 is 24.7 Å². The standard InChI is InChI=1S/C6H12N2O6P2/c1-7(3-15)6(11)8(2-5(9)10)4-16(12,13)14/h1H,2-4,15H2,(H,9,10)(H2,12,13,14). The van der Waals surface area contributed by atoms with Gasteiger partial charge in [-0.25, -0.2) is 4.79 Å². The van der Waals surface area contributed by atoms with E-state index < -0.39 is 32.4 Å². The maximum Gasteiger partial charge on any atom is 0.344 e. The van der Waals surface area contributed by atoms with Crippen molar-refractivity contribution in [3.63, 3.8) is 0 Å². The van der Waals surface area contributed by atoms with Crippen LogP contribution in [0.4, 0.5) is 4.79 Å². The predicted octanol–water partition coefficient (Wildman–Crippen LogP) is -0.569. The smallest absolute Gasteiger partial charge is 0.344 e. The van der Waals surface area contributed by atoms with Gasteiger partial charge >= 0.3 is 19.6 Å². The van der Waals surface area contributed by atoms with Gasteiger partial charge in [0, 0.05) is 6.29 Å². The molecule has 1 unspecified atom stereocenters. The van der Waals surface area contributed by atoms with Crippen molar-refractivity contribution in [2.45, 2.75) is 0 Å². The van der Waals surface area contributed by atoms with Gasteiger partial charge in [-0.3, -0.25) is 9.36 Å². The third kappa shape index (κ3) is 6.02. The van der Waals surface area contributed by atoms with Gasteiger partial charge in [-0.15, -0.1) is 9.24 Å². The number of carboxylic acid groups (broad SMARTS) is 1. The van der Waals surface area contributed by atoms with Crippen molar-refractivity contribution in [2.24, 2.45) is 0 Å². The molecule has 0 heterocycles. The molecule has 16 heavy (non-hydrogen) atoms. The van der Waals surface area contributed by atoms with E-state index in [9.17, 15) is 14.2 Å². The Morgan fingerprint density at radius 3 is 2.19 bits per heavy atom. The average Bonchev–Trinajstić information content (AvgIpc) is 2.11. The summed E-state index contributed by atoms with van der Waals surface area (Å²) in [6, 6.07) is -0.972. The number of aliphatic carboxylic acids is 1. The summed E-state index contributed by atoms with van der Waals surface area (Å²) in [6.07, 6.45) is -0.980. The third-order valence-electron chi connectivity index (χ3n) is 1.39. The minimum absolute atomic E-state index is 0.0100. The quantitative estimate of drug-likeness (QED) is 0.455. The highest BCUT2D eigenvalue weighted by atomic mass is 31.2. The number of nitrogens with zero attached hydrogens (tertiary/aromatic N) is 2. The lowest BCUT2D eigenvalue weighted by Crippen LogP contribution is -2.42. The Labute approximate surface area is 94.6 Å². The molecule has 10 heteroatoms. The van der Waals surface area contributed by atoms with E-state index in [-0.39, 0.29) is 6.29 Å². The monoisotopic (exact) mass is 270 g/mol. The van der Waals surface area contributed by atoms with E-state index in [1.54, 1.807) is 0 Å². The Bertz CT molecular complexity index is 316. The molecule has 0 bridgehead atoms. The molecule has 3 N–H and O–H groups in total. The number of carbonyl (C=O) groups is 2. The summed E-state index contributed by atoms with van der Waals surface area (Å²) >= 11 is 0. The molecule has 0 aliphatic heterocycles. The number of rotatable bonds is 5. The molecule has 1 atom stereocenters. The molecule has 0 saturated carbocycles. The van der Waals surface area contributed by atoms with Crippen LogP contribution in [0.3, 0.4) is 0 Å². The van der Waals surface area contributed by atoms with Gasteiger partial charge in [0.1, 0.15) is 12.8 Å². The van der Waals surface area contributed by atoms with Crippen molar-refractivity contribution < 1.29 is 29.0 Å². The normalized spacial score (nSPS) is 11.0. The summed E-state index contributed by atoms with van der Waals surface area (Å²) in [5.41, 5.74) is 0. The van der Waals surface area contributed by atoms with Crippen LogP contribution in [0.15, 0.2) is 0 Å². The van der Waals surface area contributed by atoms with E-state index in [0.29, 0.717) is 9.80 Å². The summed E-state index contributed by atoms with van der Waals surface area (Å²) in [5.74, 6) is -1.39. The molecule has 8 nitrogen and oxygen atoms in total. The zero-order valence-corrected chi connectivity index (χ0v) is 10.2. The van der Waals surface area contributed by atoms with Crippen LogP contribution in [0.1, 0.15) is 0 Å². The summed E-state index contributed by atoms with van der Waals surface area (Å²) in [4.78, 5) is 40.2. The van der Waals surface area contributed by atoms with Gasteiger partial charge in [0.05, 0.1) is 7.05 Å². The van der Waals surface area contributed by atoms with Crippen LogP contribution in [0.2, 0.25) is 0 Å². The van der Waals surface area contributed by atoms with E-state index in [4.69, 9.17) is 21.9 Å². The van der Waals surface area contributed by atoms with Crippen molar-refractivity contribution >= 4 is 28.8 Å². The molecular formula is C6H12N2O6P2. The Morgan fingerprint density at radius 1 is 1.38 bits per heavy atom. The van der Waals surface area contributed by atoms with Crippen molar-refractivity contribution in [1.82, 2.24) is 9.80 Å². The number of hydrogen-bond acceptors (Lipinski definition) is 3. The van der Waals surface area contributed by atoms with E-state index >= 15 is 0 Å². The molecule has 0 rings (SSSR count). The number of carboxylic acids is 1. The number of amides is 2. The first kappa shape index (κ1) is 15.3. The molecule has 0 aromatic carbocycles. The van der Waals surface area contributed by atoms with Crippen molar-refractivity contribution in [1.29, 1.82) is 0 Å². The Morgan fingerprint density at radius 2 is 1.88 bits per heavy atom. The van der Waals surface area contributed by atoms with Gasteiger partial charge in [0.15, 0.2) is 0 Å². The Kier molecular flexibility index (Phi) is 5.89. The topological polar surface area (TPSA) is 118 Å². The van der Waals surface area contributed by atoms with Crippen LogP contribution >= 0.6 is 16.8 Å². The zero-order valence-electron chi connectivity index (χ0n) is 8.18. The third-order valence-corrected chi connectivity index (χ3v) is 2.50. The van der Waals surface area contributed by atoms with E-state index in [0.717, 1.165) is 0 Å². The van der Waals surface area contributed by atoms with Gasteiger partial charge in [-0.2, -0.15) is 0 Å². The summed E-state index contributed by atoms with van der Waals surface area (Å²) < 4.78 is 10.7. The fraction of sp³-hybridized carbons (Fsp3) is 0.500. The van der Waals surface area contributed by atoms with Crippen LogP contribution in [0, 0.1) is 7.05 Å². The summed E-state index contributed by atoms with van der Waals surface area (Å²) in [6.45, 7) is -0.831. The highest BCUT2D eigenvalue weighted by molar-refractivity contribution is 7.51. The largest absolute Gasteiger partial charge is 0.480 e. The zero-order chi connectivity index (χ0) is 12.9. The van der Waals surface area contributed by atoms with Crippen LogP contribution < -0.4 is 0 Å². The second-order valence-electron chi connectivity index (χ2n) is 2.83. The molecule has 2 radical (unpaired) electrons. The first-order valence-electron chi connectivity index (χ1n) is 3.95. The highest BCUT2D eigenvalue weighted by Gasteiger charge is 2.27. The van der Waals surface area contributed by atoms with Crippen molar-refractivity contribution in [3.8, 4) is 0 Å². The van der Waals surface area contributed by atoms with Crippen LogP contribution in [0.25, 0.3) is 0 Å². The van der Waals surface area contributed by atoms with Crippen LogP contribution in [0.5, 0.6) is 0 Å². The molecule has 92 valence electrons. The SMILES string of the molecule is [CH]N(CP)C(=O)N(CC(=O)O)CP(=O)(O)O. The molecule has 0 saturated heterocycles. The maximum absolute atomic E-state index is 11.4. The summed E-state index contributed by atoms with van der Waals surface area (Å²) in [7, 11) is 2.77. The lowest BCUT2D eigenvalue weighted by atomic mass is 10.6. The van der Waals surface area contributed by atoms with Gasteiger partial charge in [-0.1, -0.05) is 0 Å². The average molecular weight is 270 g/mol. The number of carbonyl (C=O) groups excluding carboxylic acids is 1. The first-order chi connectivity index (χ1) is 7.17. The van der Waals surface area contributed by atoms with Crippen molar-refractivity contribution in [2.75, 3.05) is 19.1 Å². The second kappa shape index (κ2) is 6.15. The van der Waals surface area contributed by atoms with Gasteiger partial charge in [0.2, 0.25) is 0 Å². The maximum atomic E-state index is 11.4. The van der Waals surface area contributed by atoms with Gasteiger partial charge in [0.25, 0.3) is 0 Å². The first-order valence-corrected chi connectivity index (χ1v) is 6.56. The molecule has 0 aromatic rings. The molecule has 0 aromatic heterocycles. The fourth-order valence-electron chi connectivity index (χ4n) is 0.824. The van der Waals surface area contributed by atoms with Crippen LogP contribution in [-0.4, -0.2) is 55.8 Å². The van der Waals surface area contributed by atoms with Crippen LogP contribution in [-0.2, 0) is 9.36 Å². The molecule has 0 spiro atoms. The Balaban J connectivity index is 4.73. The predicted molar refractivity (Wildman–Crippen MR) is 57.4 cm³/mol. The van der Waals surface area contributed by atoms with Gasteiger partial charge in [-0.05, 0) is 0 Å². The second-order valence-corrected chi connectivity index (χ2v) is 4.81. The molecular weight excluding hydrogens is 258 g/mol. The van der Waals surface area contributed by atoms with E-state index in [1.807, 2.05) is 0 Å². The molecule has 0 aliphatic rings. The van der Waals surface area contributed by atoms with E-state index in [1.165, 1.54) is 0 Å². The fourth-order valence-corrected chi connectivity index (χ4v) is 1.65. The number of hydrogen-bond donors (Lipinski definition) is 3.